The SMILES string of the molecule is CO[C@@H]1C[C@H](C(=O)Nc2cc(C(CCC3CC3)(NS(=O)(=O)C(C)(C)C)c3ccncc3)ccc2F)N(C(=O)OC(C)(C)C)C1. The number of methoxy groups -OCH3 is 1. The van der Waals surface area contributed by atoms with Gasteiger partial charge in [0.15, 0.2) is 0 Å². The van der Waals surface area contributed by atoms with Crippen molar-refractivity contribution in [3.05, 3.63) is 59.7 Å². The molecule has 2 N–H and O–H groups in total. The van der Waals surface area contributed by atoms with E-state index < -0.39 is 55.9 Å². The van der Waals surface area contributed by atoms with E-state index in [-0.39, 0.29) is 18.7 Å². The van der Waals surface area contributed by atoms with E-state index in [1.807, 2.05) is 0 Å². The Morgan fingerprint density at radius 2 is 1.70 bits per heavy atom. The van der Waals surface area contributed by atoms with Crippen molar-refractivity contribution in [2.24, 2.45) is 5.92 Å². The van der Waals surface area contributed by atoms with Crippen molar-refractivity contribution in [2.75, 3.05) is 19.0 Å². The molecule has 1 aromatic carbocycles. The molecule has 10 nitrogen and oxygen atoms in total. The third-order valence-electron chi connectivity index (χ3n) is 8.16. The molecule has 1 aromatic heterocycles. The Labute approximate surface area is 260 Å². The quantitative estimate of drug-likeness (QED) is 0.362. The van der Waals surface area contributed by atoms with E-state index in [0.29, 0.717) is 23.5 Å². The molecule has 1 unspecified atom stereocenters. The molecule has 2 aliphatic rings. The number of likely N-dealkylation sites (tertiary alicyclic amines) is 1. The Balaban J connectivity index is 1.74. The fraction of sp³-hybridized carbons (Fsp3) is 0.594. The molecule has 2 aromatic rings. The third-order valence-corrected chi connectivity index (χ3v) is 10.4. The van der Waals surface area contributed by atoms with Crippen LogP contribution in [-0.4, -0.2) is 66.5 Å². The van der Waals surface area contributed by atoms with Gasteiger partial charge in [-0.05, 0) is 95.7 Å². The first-order valence-electron chi connectivity index (χ1n) is 15.0. The van der Waals surface area contributed by atoms with Crippen molar-refractivity contribution in [1.29, 1.82) is 0 Å². The van der Waals surface area contributed by atoms with Crippen LogP contribution < -0.4 is 10.0 Å². The van der Waals surface area contributed by atoms with Gasteiger partial charge in [0.2, 0.25) is 15.9 Å². The summed E-state index contributed by atoms with van der Waals surface area (Å²) in [7, 11) is -2.40. The van der Waals surface area contributed by atoms with Gasteiger partial charge in [0.25, 0.3) is 0 Å². The van der Waals surface area contributed by atoms with Crippen molar-refractivity contribution in [1.82, 2.24) is 14.6 Å². The number of carbonyl (C=O) groups is 2. The number of aromatic nitrogens is 1. The Morgan fingerprint density at radius 1 is 1.05 bits per heavy atom. The van der Waals surface area contributed by atoms with E-state index in [0.717, 1.165) is 19.3 Å². The monoisotopic (exact) mass is 632 g/mol. The number of halogens is 1. The summed E-state index contributed by atoms with van der Waals surface area (Å²) in [5.74, 6) is -0.823. The normalized spacial score (nSPS) is 20.7. The smallest absolute Gasteiger partial charge is 0.411 e. The maximum Gasteiger partial charge on any atom is 0.411 e. The highest BCUT2D eigenvalue weighted by Gasteiger charge is 2.45. The average Bonchev–Trinajstić information content (AvgIpc) is 3.66. The summed E-state index contributed by atoms with van der Waals surface area (Å²) in [6, 6.07) is 6.79. The Hall–Kier alpha value is -3.09. The number of hydrogen-bond acceptors (Lipinski definition) is 7. The number of ether oxygens (including phenoxy) is 2. The minimum absolute atomic E-state index is 0.127. The molecule has 0 radical (unpaired) electrons. The molecule has 1 saturated heterocycles. The number of anilines is 1. The van der Waals surface area contributed by atoms with Gasteiger partial charge in [-0.2, -0.15) is 0 Å². The molecule has 2 fully saturated rings. The average molecular weight is 633 g/mol. The van der Waals surface area contributed by atoms with Gasteiger partial charge in [-0.1, -0.05) is 18.9 Å². The lowest BCUT2D eigenvalue weighted by Gasteiger charge is -2.38. The van der Waals surface area contributed by atoms with E-state index >= 15 is 4.39 Å². The van der Waals surface area contributed by atoms with Crippen LogP contribution in [0.1, 0.15) is 84.8 Å². The lowest BCUT2D eigenvalue weighted by molar-refractivity contribution is -0.120. The third kappa shape index (κ3) is 7.76. The number of benzene rings is 1. The molecule has 2 heterocycles. The largest absolute Gasteiger partial charge is 0.444 e. The lowest BCUT2D eigenvalue weighted by atomic mass is 9.79. The standard InChI is InChI=1S/C32H45FN4O6S/c1-30(2,3)43-29(39)37-20-24(42-7)19-27(37)28(38)35-26-18-23(10-11-25(26)33)32(15-12-21-8-9-21,22-13-16-34-17-14-22)36-44(40,41)31(4,5)6/h10-11,13-14,16-18,21,24,27,36H,8-9,12,15,19-20H2,1-7H3,(H,35,38)/t24-,27-,32?/m1/s1. The molecule has 1 aliphatic heterocycles. The van der Waals surface area contributed by atoms with Gasteiger partial charge in [-0.25, -0.2) is 22.3 Å². The van der Waals surface area contributed by atoms with Crippen LogP contribution in [0.2, 0.25) is 0 Å². The first-order chi connectivity index (χ1) is 20.5. The Morgan fingerprint density at radius 3 is 2.27 bits per heavy atom. The van der Waals surface area contributed by atoms with Crippen molar-refractivity contribution in [2.45, 2.75) is 102 Å². The molecule has 4 rings (SSSR count). The minimum Gasteiger partial charge on any atom is -0.444 e. The molecular formula is C32H45FN4O6S. The number of nitrogens with zero attached hydrogens (tertiary/aromatic N) is 2. The minimum atomic E-state index is -3.90. The van der Waals surface area contributed by atoms with Gasteiger partial charge in [0.1, 0.15) is 17.5 Å². The van der Waals surface area contributed by atoms with Crippen molar-refractivity contribution in [3.63, 3.8) is 0 Å². The second-order valence-electron chi connectivity index (χ2n) is 13.8. The Kier molecular flexibility index (Phi) is 9.77. The molecule has 3 atom stereocenters. The van der Waals surface area contributed by atoms with E-state index in [9.17, 15) is 18.0 Å². The van der Waals surface area contributed by atoms with Crippen LogP contribution in [0, 0.1) is 11.7 Å². The highest BCUT2D eigenvalue weighted by Crippen LogP contribution is 2.43. The second-order valence-corrected chi connectivity index (χ2v) is 16.2. The zero-order valence-electron chi connectivity index (χ0n) is 26.6. The Bertz CT molecular complexity index is 1450. The molecule has 242 valence electrons. The lowest BCUT2D eigenvalue weighted by Crippen LogP contribution is -2.52. The van der Waals surface area contributed by atoms with Gasteiger partial charge in [-0.3, -0.25) is 14.7 Å². The predicted octanol–water partition coefficient (Wildman–Crippen LogP) is 5.34. The number of sulfonamides is 1. The molecule has 1 aliphatic carbocycles. The summed E-state index contributed by atoms with van der Waals surface area (Å²) in [5.41, 5.74) is -1.04. The van der Waals surface area contributed by atoms with Gasteiger partial charge < -0.3 is 14.8 Å². The van der Waals surface area contributed by atoms with Crippen LogP contribution in [0.4, 0.5) is 14.9 Å². The van der Waals surface area contributed by atoms with Crippen molar-refractivity contribution >= 4 is 27.7 Å². The fourth-order valence-electron chi connectivity index (χ4n) is 5.31. The summed E-state index contributed by atoms with van der Waals surface area (Å²) in [5, 5.41) is 2.67. The molecule has 12 heteroatoms. The molecule has 44 heavy (non-hydrogen) atoms. The van der Waals surface area contributed by atoms with Crippen LogP contribution >= 0.6 is 0 Å². The highest BCUT2D eigenvalue weighted by atomic mass is 32.2. The summed E-state index contributed by atoms with van der Waals surface area (Å²) in [4.78, 5) is 32.0. The molecule has 1 saturated carbocycles. The summed E-state index contributed by atoms with van der Waals surface area (Å²) < 4.78 is 55.6. The van der Waals surface area contributed by atoms with Gasteiger partial charge >= 0.3 is 6.09 Å². The topological polar surface area (TPSA) is 127 Å². The van der Waals surface area contributed by atoms with Crippen LogP contribution in [-0.2, 0) is 29.8 Å². The number of hydrogen-bond donors (Lipinski definition) is 2. The fourth-order valence-corrected chi connectivity index (χ4v) is 6.41. The van der Waals surface area contributed by atoms with E-state index in [1.54, 1.807) is 72.1 Å². The molecule has 0 bridgehead atoms. The van der Waals surface area contributed by atoms with Crippen LogP contribution in [0.15, 0.2) is 42.7 Å². The highest BCUT2D eigenvalue weighted by molar-refractivity contribution is 7.90. The number of amides is 2. The van der Waals surface area contributed by atoms with Crippen LogP contribution in [0.25, 0.3) is 0 Å². The van der Waals surface area contributed by atoms with E-state index in [1.165, 1.54) is 24.1 Å². The summed E-state index contributed by atoms with van der Waals surface area (Å²) >= 11 is 0. The molecular weight excluding hydrogens is 587 g/mol. The zero-order valence-corrected chi connectivity index (χ0v) is 27.5. The summed E-state index contributed by atoms with van der Waals surface area (Å²) in [6.45, 7) is 10.2. The predicted molar refractivity (Wildman–Crippen MR) is 166 cm³/mol. The second kappa shape index (κ2) is 12.7. The number of carbonyl (C=O) groups excluding carboxylic acids is 2. The van der Waals surface area contributed by atoms with Gasteiger partial charge in [0.05, 0.1) is 28.6 Å². The van der Waals surface area contributed by atoms with E-state index in [4.69, 9.17) is 9.47 Å². The first-order valence-corrected chi connectivity index (χ1v) is 16.5. The van der Waals surface area contributed by atoms with Gasteiger partial charge in [-0.15, -0.1) is 0 Å². The van der Waals surface area contributed by atoms with Gasteiger partial charge in [0, 0.05) is 25.9 Å². The van der Waals surface area contributed by atoms with Crippen molar-refractivity contribution < 1.29 is 31.9 Å². The molecule has 2 amide bonds. The summed E-state index contributed by atoms with van der Waals surface area (Å²) in [6.07, 6.45) is 5.63. The maximum absolute atomic E-state index is 15.4. The molecule has 0 spiro atoms. The number of rotatable bonds is 10. The number of nitrogens with one attached hydrogen (secondary N) is 2. The van der Waals surface area contributed by atoms with Crippen LogP contribution in [0.5, 0.6) is 0 Å². The first kappa shape index (κ1) is 33.8. The maximum atomic E-state index is 15.4. The zero-order chi connectivity index (χ0) is 32.5. The van der Waals surface area contributed by atoms with E-state index in [2.05, 4.69) is 15.0 Å². The number of pyridine rings is 1. The van der Waals surface area contributed by atoms with Crippen molar-refractivity contribution in [3.8, 4) is 0 Å². The van der Waals surface area contributed by atoms with Crippen LogP contribution in [0.3, 0.4) is 0 Å².